The van der Waals surface area contributed by atoms with Gasteiger partial charge in [0.1, 0.15) is 13.2 Å². The summed E-state index contributed by atoms with van der Waals surface area (Å²) in [6.07, 6.45) is -1.44. The zero-order chi connectivity index (χ0) is 17.5. The number of benzene rings is 2. The highest BCUT2D eigenvalue weighted by atomic mass is 16.6. The Morgan fingerprint density at radius 1 is 1.00 bits per heavy atom. The van der Waals surface area contributed by atoms with Crippen molar-refractivity contribution >= 4 is 12.0 Å². The number of cyclic esters (lactones) is 1. The fourth-order valence-electron chi connectivity index (χ4n) is 2.46. The average molecular weight is 341 g/mol. The van der Waals surface area contributed by atoms with Crippen LogP contribution in [0.2, 0.25) is 0 Å². The lowest BCUT2D eigenvalue weighted by Crippen LogP contribution is -2.42. The van der Waals surface area contributed by atoms with Crippen molar-refractivity contribution < 1.29 is 23.8 Å². The Bertz CT molecular complexity index is 704. The van der Waals surface area contributed by atoms with E-state index in [1.807, 2.05) is 60.7 Å². The summed E-state index contributed by atoms with van der Waals surface area (Å²) in [5.41, 5.74) is 1.91. The van der Waals surface area contributed by atoms with Crippen LogP contribution in [0.3, 0.4) is 0 Å². The maximum absolute atomic E-state index is 12.3. The number of hydrogen-bond acceptors (Lipinski definition) is 5. The Balaban J connectivity index is 1.51. The first-order valence-corrected chi connectivity index (χ1v) is 8.00. The number of nitrogens with zero attached hydrogens (tertiary/aromatic N) is 1. The molecule has 0 aliphatic carbocycles. The van der Waals surface area contributed by atoms with Gasteiger partial charge in [0.05, 0.1) is 13.2 Å². The highest BCUT2D eigenvalue weighted by molar-refractivity contribution is 5.93. The molecule has 6 heteroatoms. The number of rotatable bonds is 7. The Morgan fingerprint density at radius 2 is 1.60 bits per heavy atom. The van der Waals surface area contributed by atoms with Gasteiger partial charge in [0.25, 0.3) is 5.91 Å². The second-order valence-electron chi connectivity index (χ2n) is 5.57. The molecular weight excluding hydrogens is 322 g/mol. The van der Waals surface area contributed by atoms with Gasteiger partial charge in [-0.15, -0.1) is 0 Å². The Hall–Kier alpha value is -2.70. The van der Waals surface area contributed by atoms with Gasteiger partial charge < -0.3 is 14.2 Å². The minimum Gasteiger partial charge on any atom is -0.444 e. The molecule has 1 aliphatic heterocycles. The third-order valence-corrected chi connectivity index (χ3v) is 3.73. The highest BCUT2D eigenvalue weighted by Gasteiger charge is 2.38. The molecule has 3 rings (SSSR count). The molecule has 0 spiro atoms. The zero-order valence-corrected chi connectivity index (χ0v) is 13.7. The largest absolute Gasteiger partial charge is 0.444 e. The van der Waals surface area contributed by atoms with Crippen LogP contribution in [0, 0.1) is 0 Å². The van der Waals surface area contributed by atoms with Crippen LogP contribution in [-0.2, 0) is 32.2 Å². The number of carbonyl (C=O) groups is 2. The van der Waals surface area contributed by atoms with Gasteiger partial charge in [-0.05, 0) is 11.1 Å². The molecular formula is C19H19NO5. The number of carbonyl (C=O) groups excluding carboxylic acids is 2. The number of amides is 2. The van der Waals surface area contributed by atoms with E-state index in [1.54, 1.807) is 0 Å². The van der Waals surface area contributed by atoms with Crippen LogP contribution in [0.4, 0.5) is 4.79 Å². The molecule has 0 unspecified atom stereocenters. The van der Waals surface area contributed by atoms with Crippen LogP contribution in [-0.4, -0.2) is 36.3 Å². The van der Waals surface area contributed by atoms with E-state index in [9.17, 15) is 9.59 Å². The van der Waals surface area contributed by atoms with Crippen molar-refractivity contribution in [3.8, 4) is 0 Å². The van der Waals surface area contributed by atoms with Crippen LogP contribution >= 0.6 is 0 Å². The van der Waals surface area contributed by atoms with Gasteiger partial charge in [0, 0.05) is 0 Å². The van der Waals surface area contributed by atoms with Crippen molar-refractivity contribution in [2.75, 3.05) is 13.2 Å². The van der Waals surface area contributed by atoms with Crippen molar-refractivity contribution in [1.29, 1.82) is 0 Å². The predicted octanol–water partition coefficient (Wildman–Crippen LogP) is 2.72. The molecule has 1 atom stereocenters. The van der Waals surface area contributed by atoms with Gasteiger partial charge >= 0.3 is 6.09 Å². The average Bonchev–Trinajstić information content (AvgIpc) is 3.02. The third-order valence-electron chi connectivity index (χ3n) is 3.73. The molecule has 0 radical (unpaired) electrons. The first kappa shape index (κ1) is 17.1. The monoisotopic (exact) mass is 341 g/mol. The van der Waals surface area contributed by atoms with E-state index >= 15 is 0 Å². The standard InChI is InChI=1S/C19H19NO5/c21-17(13-23-11-15-7-3-1-4-8-15)20-18(14-25-19(20)22)24-12-16-9-5-2-6-10-16/h1-10,18H,11-14H2/t18-/m1/s1. The van der Waals surface area contributed by atoms with Crippen LogP contribution in [0.1, 0.15) is 11.1 Å². The normalized spacial score (nSPS) is 16.7. The van der Waals surface area contributed by atoms with Crippen LogP contribution in [0.15, 0.2) is 60.7 Å². The van der Waals surface area contributed by atoms with Crippen LogP contribution < -0.4 is 0 Å². The van der Waals surface area contributed by atoms with Crippen molar-refractivity contribution in [3.05, 3.63) is 71.8 Å². The number of imide groups is 1. The highest BCUT2D eigenvalue weighted by Crippen LogP contribution is 2.16. The van der Waals surface area contributed by atoms with Gasteiger partial charge in [0.15, 0.2) is 6.23 Å². The SMILES string of the molecule is O=C(COCc1ccccc1)N1C(=O)OC[C@H]1OCc1ccccc1. The molecule has 0 N–H and O–H groups in total. The maximum atomic E-state index is 12.3. The molecule has 1 fully saturated rings. The minimum absolute atomic E-state index is 0.0239. The Morgan fingerprint density at radius 3 is 2.24 bits per heavy atom. The smallest absolute Gasteiger partial charge is 0.419 e. The molecule has 1 heterocycles. The lowest BCUT2D eigenvalue weighted by atomic mass is 10.2. The van der Waals surface area contributed by atoms with Crippen LogP contribution in [0.5, 0.6) is 0 Å². The van der Waals surface area contributed by atoms with E-state index in [-0.39, 0.29) is 19.8 Å². The van der Waals surface area contributed by atoms with E-state index in [0.717, 1.165) is 16.0 Å². The summed E-state index contributed by atoms with van der Waals surface area (Å²) in [4.78, 5) is 25.1. The molecule has 130 valence electrons. The van der Waals surface area contributed by atoms with Crippen molar-refractivity contribution in [3.63, 3.8) is 0 Å². The Kier molecular flexibility index (Phi) is 5.77. The maximum Gasteiger partial charge on any atom is 0.419 e. The first-order valence-electron chi connectivity index (χ1n) is 8.00. The van der Waals surface area contributed by atoms with E-state index in [1.165, 1.54) is 0 Å². The van der Waals surface area contributed by atoms with Crippen LogP contribution in [0.25, 0.3) is 0 Å². The van der Waals surface area contributed by atoms with Gasteiger partial charge in [0.2, 0.25) is 0 Å². The molecule has 25 heavy (non-hydrogen) atoms. The summed E-state index contributed by atoms with van der Waals surface area (Å²) in [6, 6.07) is 19.0. The summed E-state index contributed by atoms with van der Waals surface area (Å²) in [5.74, 6) is -0.475. The second kappa shape index (κ2) is 8.41. The molecule has 1 saturated heterocycles. The third kappa shape index (κ3) is 4.65. The molecule has 2 aromatic carbocycles. The topological polar surface area (TPSA) is 65.1 Å². The van der Waals surface area contributed by atoms with Crippen molar-refractivity contribution in [1.82, 2.24) is 4.90 Å². The fourth-order valence-corrected chi connectivity index (χ4v) is 2.46. The van der Waals surface area contributed by atoms with Gasteiger partial charge in [-0.2, -0.15) is 0 Å². The lowest BCUT2D eigenvalue weighted by Gasteiger charge is -2.20. The summed E-state index contributed by atoms with van der Waals surface area (Å²) < 4.78 is 16.0. The molecule has 1 aliphatic rings. The lowest BCUT2D eigenvalue weighted by molar-refractivity contribution is -0.142. The minimum atomic E-state index is -0.736. The summed E-state index contributed by atoms with van der Waals surface area (Å²) in [7, 11) is 0. The van der Waals surface area contributed by atoms with Gasteiger partial charge in [-0.3, -0.25) is 4.79 Å². The Labute approximate surface area is 145 Å². The zero-order valence-electron chi connectivity index (χ0n) is 13.7. The van der Waals surface area contributed by atoms with E-state index < -0.39 is 18.2 Å². The molecule has 2 amide bonds. The molecule has 0 bridgehead atoms. The first-order chi connectivity index (χ1) is 12.2. The molecule has 2 aromatic rings. The number of hydrogen-bond donors (Lipinski definition) is 0. The van der Waals surface area contributed by atoms with Crippen molar-refractivity contribution in [2.24, 2.45) is 0 Å². The van der Waals surface area contributed by atoms with Gasteiger partial charge in [-0.1, -0.05) is 60.7 Å². The molecule has 0 saturated carbocycles. The molecule has 6 nitrogen and oxygen atoms in total. The molecule has 0 aromatic heterocycles. The van der Waals surface area contributed by atoms with E-state index in [2.05, 4.69) is 0 Å². The van der Waals surface area contributed by atoms with E-state index in [0.29, 0.717) is 6.61 Å². The quantitative estimate of drug-likeness (QED) is 0.775. The second-order valence-corrected chi connectivity index (χ2v) is 5.57. The predicted molar refractivity (Wildman–Crippen MR) is 89.3 cm³/mol. The summed E-state index contributed by atoms with van der Waals surface area (Å²) in [5, 5.41) is 0. The van der Waals surface area contributed by atoms with E-state index in [4.69, 9.17) is 14.2 Å². The van der Waals surface area contributed by atoms with Gasteiger partial charge in [-0.25, -0.2) is 9.69 Å². The summed E-state index contributed by atoms with van der Waals surface area (Å²) in [6.45, 7) is 0.396. The van der Waals surface area contributed by atoms with Crippen molar-refractivity contribution in [2.45, 2.75) is 19.4 Å². The summed E-state index contributed by atoms with van der Waals surface area (Å²) >= 11 is 0. The fraction of sp³-hybridized carbons (Fsp3) is 0.263. The number of ether oxygens (including phenoxy) is 3.